The molecule has 54 valence electrons. The Morgan fingerprint density at radius 1 is 1.56 bits per heavy atom. The van der Waals surface area contributed by atoms with Crippen LogP contribution in [0.4, 0.5) is 0 Å². The minimum atomic E-state index is 0.458. The van der Waals surface area contributed by atoms with Crippen molar-refractivity contribution in [2.24, 2.45) is 5.92 Å². The Hall–Kier alpha value is 0.310. The molecule has 0 spiro atoms. The van der Waals surface area contributed by atoms with Crippen LogP contribution in [0.2, 0.25) is 0 Å². The van der Waals surface area contributed by atoms with Gasteiger partial charge in [0.2, 0.25) is 0 Å². The van der Waals surface area contributed by atoms with Gasteiger partial charge in [0.05, 0.1) is 6.10 Å². The number of thioether (sulfide) groups is 1. The van der Waals surface area contributed by atoms with E-state index in [4.69, 9.17) is 4.74 Å². The van der Waals surface area contributed by atoms with Crippen LogP contribution in [0.25, 0.3) is 0 Å². The molecule has 0 N–H and O–H groups in total. The van der Waals surface area contributed by atoms with E-state index in [1.807, 2.05) is 11.8 Å². The molecule has 0 bridgehead atoms. The zero-order valence-electron chi connectivity index (χ0n) is 6.26. The van der Waals surface area contributed by atoms with Gasteiger partial charge in [0, 0.05) is 5.75 Å². The first-order chi connectivity index (χ1) is 4.20. The lowest BCUT2D eigenvalue weighted by Gasteiger charge is -2.12. The van der Waals surface area contributed by atoms with Crippen molar-refractivity contribution in [3.05, 3.63) is 0 Å². The van der Waals surface area contributed by atoms with E-state index in [0.29, 0.717) is 17.5 Å². The van der Waals surface area contributed by atoms with Crippen molar-refractivity contribution in [1.29, 1.82) is 0 Å². The fourth-order valence-corrected chi connectivity index (χ4v) is 2.08. The van der Waals surface area contributed by atoms with Crippen LogP contribution in [0, 0.1) is 5.92 Å². The molecule has 0 amide bonds. The predicted molar refractivity (Wildman–Crippen MR) is 41.6 cm³/mol. The zero-order chi connectivity index (χ0) is 6.85. The highest BCUT2D eigenvalue weighted by Gasteiger charge is 2.24. The molecule has 2 heteroatoms. The average molecular weight is 146 g/mol. The molecular formula is C7H14OS. The van der Waals surface area contributed by atoms with Crippen molar-refractivity contribution in [1.82, 2.24) is 0 Å². The highest BCUT2D eigenvalue weighted by atomic mass is 32.2. The van der Waals surface area contributed by atoms with Gasteiger partial charge in [-0.1, -0.05) is 13.8 Å². The molecule has 1 heterocycles. The molecular weight excluding hydrogens is 132 g/mol. The third-order valence-electron chi connectivity index (χ3n) is 1.41. The first-order valence-electron chi connectivity index (χ1n) is 3.47. The molecule has 1 rings (SSSR count). The smallest absolute Gasteiger partial charge is 0.105 e. The number of hydrogen-bond acceptors (Lipinski definition) is 2. The van der Waals surface area contributed by atoms with Crippen molar-refractivity contribution >= 4 is 11.8 Å². The Kier molecular flexibility index (Phi) is 2.42. The SMILES string of the molecule is CC(C)[C@H]1O[C@@H](C)CS1. The second kappa shape index (κ2) is 2.93. The van der Waals surface area contributed by atoms with Crippen LogP contribution < -0.4 is 0 Å². The average Bonchev–Trinajstić information content (AvgIpc) is 2.14. The normalized spacial score (nSPS) is 36.0. The summed E-state index contributed by atoms with van der Waals surface area (Å²) in [7, 11) is 0. The van der Waals surface area contributed by atoms with Gasteiger partial charge in [-0.05, 0) is 12.8 Å². The third-order valence-corrected chi connectivity index (χ3v) is 3.05. The van der Waals surface area contributed by atoms with Crippen LogP contribution in [0.15, 0.2) is 0 Å². The van der Waals surface area contributed by atoms with Crippen molar-refractivity contribution in [2.45, 2.75) is 32.3 Å². The first-order valence-corrected chi connectivity index (χ1v) is 4.52. The quantitative estimate of drug-likeness (QED) is 0.560. The Balaban J connectivity index is 2.30. The van der Waals surface area contributed by atoms with E-state index in [1.54, 1.807) is 0 Å². The molecule has 0 aliphatic carbocycles. The number of ether oxygens (including phenoxy) is 1. The Labute approximate surface area is 61.2 Å². The van der Waals surface area contributed by atoms with Gasteiger partial charge in [-0.25, -0.2) is 0 Å². The lowest BCUT2D eigenvalue weighted by atomic mass is 10.2. The maximum atomic E-state index is 5.59. The molecule has 0 radical (unpaired) electrons. The molecule has 1 fully saturated rings. The molecule has 0 aromatic rings. The summed E-state index contributed by atoms with van der Waals surface area (Å²) in [4.78, 5) is 0. The van der Waals surface area contributed by atoms with E-state index < -0.39 is 0 Å². The number of rotatable bonds is 1. The largest absolute Gasteiger partial charge is 0.364 e. The summed E-state index contributed by atoms with van der Waals surface area (Å²) in [5.74, 6) is 1.84. The molecule has 2 atom stereocenters. The minimum Gasteiger partial charge on any atom is -0.364 e. The lowest BCUT2D eigenvalue weighted by molar-refractivity contribution is 0.0548. The second-order valence-corrected chi connectivity index (χ2v) is 4.02. The van der Waals surface area contributed by atoms with E-state index in [0.717, 1.165) is 0 Å². The topological polar surface area (TPSA) is 9.23 Å². The van der Waals surface area contributed by atoms with Crippen LogP contribution in [0.5, 0.6) is 0 Å². The monoisotopic (exact) mass is 146 g/mol. The van der Waals surface area contributed by atoms with Crippen molar-refractivity contribution in [2.75, 3.05) is 5.75 Å². The van der Waals surface area contributed by atoms with Crippen molar-refractivity contribution in [3.63, 3.8) is 0 Å². The fraction of sp³-hybridized carbons (Fsp3) is 1.00. The van der Waals surface area contributed by atoms with Crippen LogP contribution in [-0.2, 0) is 4.74 Å². The third kappa shape index (κ3) is 1.87. The van der Waals surface area contributed by atoms with Crippen molar-refractivity contribution in [3.8, 4) is 0 Å². The highest BCUT2D eigenvalue weighted by molar-refractivity contribution is 8.00. The summed E-state index contributed by atoms with van der Waals surface area (Å²) in [6.07, 6.45) is 0.474. The molecule has 1 nitrogen and oxygen atoms in total. The van der Waals surface area contributed by atoms with Gasteiger partial charge in [0.1, 0.15) is 5.44 Å². The standard InChI is InChI=1S/C7H14OS/c1-5(2)7-8-6(3)4-9-7/h5-7H,4H2,1-3H3/t6-,7-/m0/s1. The fourth-order valence-electron chi connectivity index (χ4n) is 0.887. The van der Waals surface area contributed by atoms with Crippen LogP contribution >= 0.6 is 11.8 Å². The molecule has 0 aromatic heterocycles. The maximum Gasteiger partial charge on any atom is 0.105 e. The maximum absolute atomic E-state index is 5.59. The summed E-state index contributed by atoms with van der Waals surface area (Å²) in [6, 6.07) is 0. The van der Waals surface area contributed by atoms with E-state index in [2.05, 4.69) is 20.8 Å². The van der Waals surface area contributed by atoms with Gasteiger partial charge in [-0.2, -0.15) is 0 Å². The number of hydrogen-bond donors (Lipinski definition) is 0. The van der Waals surface area contributed by atoms with E-state index in [-0.39, 0.29) is 0 Å². The molecule has 1 saturated heterocycles. The van der Waals surface area contributed by atoms with Gasteiger partial charge in [0.25, 0.3) is 0 Å². The highest BCUT2D eigenvalue weighted by Crippen LogP contribution is 2.29. The van der Waals surface area contributed by atoms with Gasteiger partial charge >= 0.3 is 0 Å². The summed E-state index contributed by atoms with van der Waals surface area (Å²) < 4.78 is 5.59. The summed E-state index contributed by atoms with van der Waals surface area (Å²) in [6.45, 7) is 6.54. The van der Waals surface area contributed by atoms with Gasteiger partial charge in [0.15, 0.2) is 0 Å². The first kappa shape index (κ1) is 7.42. The summed E-state index contributed by atoms with van der Waals surface area (Å²) in [5.41, 5.74) is 0.458. The van der Waals surface area contributed by atoms with Crippen LogP contribution in [-0.4, -0.2) is 17.3 Å². The molecule has 0 aromatic carbocycles. The molecule has 9 heavy (non-hydrogen) atoms. The van der Waals surface area contributed by atoms with Crippen molar-refractivity contribution < 1.29 is 4.74 Å². The Morgan fingerprint density at radius 3 is 2.44 bits per heavy atom. The van der Waals surface area contributed by atoms with Gasteiger partial charge in [-0.15, -0.1) is 11.8 Å². The predicted octanol–water partition coefficient (Wildman–Crippen LogP) is 2.12. The van der Waals surface area contributed by atoms with E-state index in [9.17, 15) is 0 Å². The molecule has 1 aliphatic rings. The van der Waals surface area contributed by atoms with Gasteiger partial charge in [-0.3, -0.25) is 0 Å². The lowest BCUT2D eigenvalue weighted by Crippen LogP contribution is -2.12. The Bertz CT molecular complexity index is 92.9. The van der Waals surface area contributed by atoms with Crippen LogP contribution in [0.3, 0.4) is 0 Å². The summed E-state index contributed by atoms with van der Waals surface area (Å²) in [5, 5.41) is 0. The second-order valence-electron chi connectivity index (χ2n) is 2.89. The van der Waals surface area contributed by atoms with E-state index in [1.165, 1.54) is 5.75 Å². The van der Waals surface area contributed by atoms with E-state index >= 15 is 0 Å². The van der Waals surface area contributed by atoms with Gasteiger partial charge < -0.3 is 4.74 Å². The minimum absolute atomic E-state index is 0.458. The van der Waals surface area contributed by atoms with Crippen LogP contribution in [0.1, 0.15) is 20.8 Å². The molecule has 1 aliphatic heterocycles. The molecule has 0 unspecified atom stereocenters. The Morgan fingerprint density at radius 2 is 2.22 bits per heavy atom. The summed E-state index contributed by atoms with van der Waals surface area (Å²) >= 11 is 1.94. The zero-order valence-corrected chi connectivity index (χ0v) is 7.07. The molecule has 0 saturated carbocycles.